The summed E-state index contributed by atoms with van der Waals surface area (Å²) in [5.74, 6) is -0.237. The molecule has 170 valence electrons. The Morgan fingerprint density at radius 1 is 1.39 bits per heavy atom. The molecule has 0 radical (unpaired) electrons. The fraction of sp³-hybridized carbons (Fsp3) is 0.609. The molecule has 1 saturated heterocycles. The number of aromatic nitrogens is 2. The van der Waals surface area contributed by atoms with E-state index in [1.165, 1.54) is 0 Å². The first-order valence-electron chi connectivity index (χ1n) is 11.3. The van der Waals surface area contributed by atoms with Gasteiger partial charge in [-0.25, -0.2) is 4.98 Å². The van der Waals surface area contributed by atoms with Crippen LogP contribution in [0.25, 0.3) is 11.0 Å². The number of ether oxygens (including phenoxy) is 1. The van der Waals surface area contributed by atoms with Gasteiger partial charge in [0.15, 0.2) is 0 Å². The maximum absolute atomic E-state index is 13.5. The number of likely N-dealkylation sites (N-methyl/N-ethyl adjacent to an activating group) is 1. The summed E-state index contributed by atoms with van der Waals surface area (Å²) in [5.41, 5.74) is 2.02. The molecule has 3 N–H and O–H groups in total. The molecule has 3 rings (SSSR count). The van der Waals surface area contributed by atoms with E-state index in [0.717, 1.165) is 35.9 Å². The second-order valence-corrected chi connectivity index (χ2v) is 8.19. The van der Waals surface area contributed by atoms with Crippen LogP contribution in [0.15, 0.2) is 24.5 Å². The SMILES string of the molecule is CCN[C@@H](CC)C(=O)N[C@H](C(=O)N1CCC[C@@H]1Cc1c[nH]c2ncccc12)C(C)OC. The number of amides is 2. The Morgan fingerprint density at radius 2 is 2.19 bits per heavy atom. The standard InChI is InChI=1S/C23H35N5O3/c1-5-19(24-6-2)22(29)27-20(15(3)31-4)23(30)28-12-8-9-17(28)13-16-14-26-21-18(16)10-7-11-25-21/h7,10-11,14-15,17,19-20,24H,5-6,8-9,12-13H2,1-4H3,(H,25,26)(H,27,29)/t15?,17-,19+,20+/m1/s1. The molecule has 8 nitrogen and oxygen atoms in total. The minimum atomic E-state index is -0.713. The lowest BCUT2D eigenvalue weighted by Crippen LogP contribution is -2.58. The summed E-state index contributed by atoms with van der Waals surface area (Å²) in [6, 6.07) is 3.04. The van der Waals surface area contributed by atoms with Crippen LogP contribution < -0.4 is 10.6 Å². The summed E-state index contributed by atoms with van der Waals surface area (Å²) in [4.78, 5) is 35.8. The van der Waals surface area contributed by atoms with Gasteiger partial charge in [0.2, 0.25) is 11.8 Å². The average Bonchev–Trinajstić information content (AvgIpc) is 3.42. The average molecular weight is 430 g/mol. The number of aromatic amines is 1. The molecular weight excluding hydrogens is 394 g/mol. The molecule has 2 amide bonds. The summed E-state index contributed by atoms with van der Waals surface area (Å²) in [7, 11) is 1.57. The van der Waals surface area contributed by atoms with Crippen molar-refractivity contribution in [2.75, 3.05) is 20.2 Å². The quantitative estimate of drug-likeness (QED) is 0.537. The Bertz CT molecular complexity index is 883. The number of nitrogens with zero attached hydrogens (tertiary/aromatic N) is 2. The molecule has 2 aromatic heterocycles. The summed E-state index contributed by atoms with van der Waals surface area (Å²) < 4.78 is 5.47. The van der Waals surface area contributed by atoms with Crippen LogP contribution in [0.3, 0.4) is 0 Å². The van der Waals surface area contributed by atoms with E-state index in [0.29, 0.717) is 19.5 Å². The number of rotatable bonds is 10. The number of nitrogens with one attached hydrogen (secondary N) is 3. The number of hydrogen-bond donors (Lipinski definition) is 3. The number of hydrogen-bond acceptors (Lipinski definition) is 5. The molecule has 0 bridgehead atoms. The van der Waals surface area contributed by atoms with Gasteiger partial charge in [-0.15, -0.1) is 0 Å². The van der Waals surface area contributed by atoms with Gasteiger partial charge in [-0.3, -0.25) is 9.59 Å². The Balaban J connectivity index is 1.75. The molecule has 1 fully saturated rings. The van der Waals surface area contributed by atoms with Gasteiger partial charge in [0, 0.05) is 37.5 Å². The van der Waals surface area contributed by atoms with Gasteiger partial charge < -0.3 is 25.3 Å². The zero-order valence-corrected chi connectivity index (χ0v) is 19.0. The highest BCUT2D eigenvalue weighted by atomic mass is 16.5. The van der Waals surface area contributed by atoms with Crippen molar-refractivity contribution in [3.05, 3.63) is 30.1 Å². The van der Waals surface area contributed by atoms with Gasteiger partial charge in [-0.05, 0) is 56.8 Å². The molecule has 0 aliphatic carbocycles. The largest absolute Gasteiger partial charge is 0.379 e. The van der Waals surface area contributed by atoms with Crippen molar-refractivity contribution in [1.82, 2.24) is 25.5 Å². The second kappa shape index (κ2) is 10.7. The maximum Gasteiger partial charge on any atom is 0.248 e. The van der Waals surface area contributed by atoms with Crippen LogP contribution in [0.5, 0.6) is 0 Å². The highest BCUT2D eigenvalue weighted by Crippen LogP contribution is 2.26. The van der Waals surface area contributed by atoms with Crippen molar-refractivity contribution in [1.29, 1.82) is 0 Å². The predicted octanol–water partition coefficient (Wildman–Crippen LogP) is 2.00. The van der Waals surface area contributed by atoms with Gasteiger partial charge in [-0.2, -0.15) is 0 Å². The van der Waals surface area contributed by atoms with Crippen LogP contribution in [-0.4, -0.2) is 71.1 Å². The predicted molar refractivity (Wildman–Crippen MR) is 121 cm³/mol. The summed E-state index contributed by atoms with van der Waals surface area (Å²) >= 11 is 0. The van der Waals surface area contributed by atoms with E-state index in [1.807, 2.05) is 37.9 Å². The minimum absolute atomic E-state index is 0.0745. The molecule has 1 aliphatic rings. The van der Waals surface area contributed by atoms with Gasteiger partial charge in [0.05, 0.1) is 12.1 Å². The molecule has 0 spiro atoms. The molecule has 3 heterocycles. The van der Waals surface area contributed by atoms with E-state index >= 15 is 0 Å². The van der Waals surface area contributed by atoms with Gasteiger partial charge in [0.1, 0.15) is 11.7 Å². The third-order valence-electron chi connectivity index (χ3n) is 6.23. The number of fused-ring (bicyclic) bond motifs is 1. The Labute approximate surface area is 184 Å². The van der Waals surface area contributed by atoms with E-state index in [1.54, 1.807) is 13.3 Å². The fourth-order valence-corrected chi connectivity index (χ4v) is 4.39. The summed E-state index contributed by atoms with van der Waals surface area (Å²) in [5, 5.41) is 7.22. The molecule has 8 heteroatoms. The zero-order valence-electron chi connectivity index (χ0n) is 19.0. The molecule has 0 saturated carbocycles. The second-order valence-electron chi connectivity index (χ2n) is 8.19. The Hall–Kier alpha value is -2.45. The highest BCUT2D eigenvalue weighted by molar-refractivity contribution is 5.90. The maximum atomic E-state index is 13.5. The van der Waals surface area contributed by atoms with E-state index in [9.17, 15) is 9.59 Å². The lowest BCUT2D eigenvalue weighted by Gasteiger charge is -2.32. The van der Waals surface area contributed by atoms with Crippen molar-refractivity contribution in [3.63, 3.8) is 0 Å². The highest BCUT2D eigenvalue weighted by Gasteiger charge is 2.37. The van der Waals surface area contributed by atoms with Crippen molar-refractivity contribution in [2.45, 2.75) is 70.7 Å². The normalized spacial score (nSPS) is 19.4. The van der Waals surface area contributed by atoms with Gasteiger partial charge >= 0.3 is 0 Å². The van der Waals surface area contributed by atoms with Crippen LogP contribution in [0.2, 0.25) is 0 Å². The van der Waals surface area contributed by atoms with Gasteiger partial charge in [0.25, 0.3) is 0 Å². The number of pyridine rings is 1. The van der Waals surface area contributed by atoms with Crippen molar-refractivity contribution in [2.24, 2.45) is 0 Å². The van der Waals surface area contributed by atoms with E-state index in [4.69, 9.17) is 4.74 Å². The van der Waals surface area contributed by atoms with Crippen LogP contribution in [0.1, 0.15) is 45.6 Å². The lowest BCUT2D eigenvalue weighted by atomic mass is 10.0. The van der Waals surface area contributed by atoms with Crippen molar-refractivity contribution < 1.29 is 14.3 Å². The zero-order chi connectivity index (χ0) is 22.4. The number of likely N-dealkylation sites (tertiary alicyclic amines) is 1. The monoisotopic (exact) mass is 429 g/mol. The number of methoxy groups -OCH3 is 1. The molecule has 0 aromatic carbocycles. The lowest BCUT2D eigenvalue weighted by molar-refractivity contribution is -0.141. The third kappa shape index (κ3) is 5.25. The smallest absolute Gasteiger partial charge is 0.248 e. The molecule has 1 unspecified atom stereocenters. The number of carbonyl (C=O) groups excluding carboxylic acids is 2. The van der Waals surface area contributed by atoms with E-state index < -0.39 is 12.1 Å². The first-order valence-corrected chi connectivity index (χ1v) is 11.3. The minimum Gasteiger partial charge on any atom is -0.379 e. The van der Waals surface area contributed by atoms with E-state index in [-0.39, 0.29) is 23.9 Å². The molecule has 1 aliphatic heterocycles. The van der Waals surface area contributed by atoms with Crippen molar-refractivity contribution >= 4 is 22.8 Å². The van der Waals surface area contributed by atoms with Crippen LogP contribution in [0, 0.1) is 0 Å². The van der Waals surface area contributed by atoms with Crippen LogP contribution in [-0.2, 0) is 20.7 Å². The molecule has 4 atom stereocenters. The number of H-pyrrole nitrogens is 1. The van der Waals surface area contributed by atoms with Crippen molar-refractivity contribution in [3.8, 4) is 0 Å². The van der Waals surface area contributed by atoms with Crippen LogP contribution >= 0.6 is 0 Å². The Kier molecular flexibility index (Phi) is 8.03. The fourth-order valence-electron chi connectivity index (χ4n) is 4.39. The van der Waals surface area contributed by atoms with Gasteiger partial charge in [-0.1, -0.05) is 13.8 Å². The summed E-state index contributed by atoms with van der Waals surface area (Å²) in [6.07, 6.45) is 6.64. The third-order valence-corrected chi connectivity index (χ3v) is 6.23. The van der Waals surface area contributed by atoms with Crippen LogP contribution in [0.4, 0.5) is 0 Å². The van der Waals surface area contributed by atoms with E-state index in [2.05, 4.69) is 26.7 Å². The molecule has 2 aromatic rings. The first kappa shape index (κ1) is 23.2. The number of carbonyl (C=O) groups is 2. The summed E-state index contributed by atoms with van der Waals surface area (Å²) in [6.45, 7) is 7.13. The molecule has 31 heavy (non-hydrogen) atoms. The Morgan fingerprint density at radius 3 is 2.90 bits per heavy atom. The first-order chi connectivity index (χ1) is 15.0. The topological polar surface area (TPSA) is 99.4 Å². The molecular formula is C23H35N5O3.